The van der Waals surface area contributed by atoms with Gasteiger partial charge in [-0.15, -0.1) is 11.3 Å². The number of ketones is 1. The topological polar surface area (TPSA) is 50.1 Å². The molecule has 3 nitrogen and oxygen atoms in total. The largest absolute Gasteiger partial charge is 0.497 e. The molecule has 0 bridgehead atoms. The van der Waals surface area contributed by atoms with Crippen LogP contribution < -0.4 is 4.74 Å². The van der Waals surface area contributed by atoms with Crippen LogP contribution in [-0.2, 0) is 0 Å². The molecule has 102 valence electrons. The van der Waals surface area contributed by atoms with Crippen LogP contribution in [0, 0.1) is 11.3 Å². The van der Waals surface area contributed by atoms with Gasteiger partial charge in [0.1, 0.15) is 16.0 Å². The van der Waals surface area contributed by atoms with Gasteiger partial charge in [0.2, 0.25) is 0 Å². The number of ether oxygens (including phenoxy) is 1. The van der Waals surface area contributed by atoms with Crippen molar-refractivity contribution in [2.24, 2.45) is 0 Å². The Morgan fingerprint density at radius 2 is 2.15 bits per heavy atom. The number of Topliss-reactive ketones (excluding diaryl/α,β-unsaturated/α-hetero) is 1. The maximum Gasteiger partial charge on any atom is 0.186 e. The Balaban J connectivity index is 2.40. The predicted octanol–water partition coefficient (Wildman–Crippen LogP) is 4.55. The number of hydrogen-bond donors (Lipinski definition) is 0. The van der Waals surface area contributed by atoms with Gasteiger partial charge in [0, 0.05) is 0 Å². The molecule has 0 N–H and O–H groups in total. The van der Waals surface area contributed by atoms with E-state index in [1.807, 2.05) is 6.07 Å². The van der Waals surface area contributed by atoms with Gasteiger partial charge < -0.3 is 4.74 Å². The second-order valence-corrected chi connectivity index (χ2v) is 6.23. The normalized spacial score (nSPS) is 11.7. The van der Waals surface area contributed by atoms with E-state index in [1.165, 1.54) is 13.2 Å². The van der Waals surface area contributed by atoms with Crippen LogP contribution in [0.25, 0.3) is 0 Å². The van der Waals surface area contributed by atoms with Crippen LogP contribution in [0.3, 0.4) is 0 Å². The molecule has 0 spiro atoms. The highest BCUT2D eigenvalue weighted by Gasteiger charge is 2.25. The van der Waals surface area contributed by atoms with Gasteiger partial charge in [-0.1, -0.05) is 35.3 Å². The maximum absolute atomic E-state index is 12.4. The molecule has 0 fully saturated rings. The van der Waals surface area contributed by atoms with E-state index in [0.717, 1.165) is 11.3 Å². The average Bonchev–Trinajstić information content (AvgIpc) is 2.78. The van der Waals surface area contributed by atoms with E-state index in [9.17, 15) is 10.1 Å². The van der Waals surface area contributed by atoms with Crippen molar-refractivity contribution < 1.29 is 9.53 Å². The molecule has 1 aromatic carbocycles. The van der Waals surface area contributed by atoms with Gasteiger partial charge in [-0.3, -0.25) is 4.79 Å². The fourth-order valence-electron chi connectivity index (χ4n) is 1.77. The molecular formula is C14H9Cl2NO2S. The molecule has 0 radical (unpaired) electrons. The third-order valence-electron chi connectivity index (χ3n) is 2.74. The van der Waals surface area contributed by atoms with E-state index >= 15 is 0 Å². The van der Waals surface area contributed by atoms with Gasteiger partial charge in [-0.05, 0) is 23.8 Å². The van der Waals surface area contributed by atoms with Gasteiger partial charge in [0.25, 0.3) is 0 Å². The van der Waals surface area contributed by atoms with Crippen molar-refractivity contribution in [3.63, 3.8) is 0 Å². The van der Waals surface area contributed by atoms with E-state index in [4.69, 9.17) is 27.9 Å². The van der Waals surface area contributed by atoms with Crippen molar-refractivity contribution in [3.05, 3.63) is 50.1 Å². The Kier molecular flexibility index (Phi) is 4.66. The number of hydrogen-bond acceptors (Lipinski definition) is 4. The zero-order chi connectivity index (χ0) is 14.7. The average molecular weight is 326 g/mol. The summed E-state index contributed by atoms with van der Waals surface area (Å²) >= 11 is 12.9. The minimum Gasteiger partial charge on any atom is -0.497 e. The molecule has 1 aromatic heterocycles. The Bertz CT molecular complexity index is 691. The molecule has 2 rings (SSSR count). The van der Waals surface area contributed by atoms with Crippen molar-refractivity contribution in [1.82, 2.24) is 0 Å². The van der Waals surface area contributed by atoms with Crippen molar-refractivity contribution in [3.8, 4) is 11.8 Å². The third kappa shape index (κ3) is 2.96. The van der Waals surface area contributed by atoms with Gasteiger partial charge in [-0.25, -0.2) is 0 Å². The fourth-order valence-corrected chi connectivity index (χ4v) is 3.24. The summed E-state index contributed by atoms with van der Waals surface area (Å²) in [5.74, 6) is -0.716. The van der Waals surface area contributed by atoms with E-state index in [1.54, 1.807) is 24.3 Å². The van der Waals surface area contributed by atoms with Crippen LogP contribution in [0.4, 0.5) is 0 Å². The molecule has 0 saturated heterocycles. The first kappa shape index (κ1) is 14.9. The van der Waals surface area contributed by atoms with Crippen LogP contribution in [0.2, 0.25) is 8.67 Å². The Morgan fingerprint density at radius 3 is 2.70 bits per heavy atom. The van der Waals surface area contributed by atoms with Crippen molar-refractivity contribution >= 4 is 40.3 Å². The zero-order valence-corrected chi connectivity index (χ0v) is 12.7. The highest BCUT2D eigenvalue weighted by atomic mass is 35.5. The second kappa shape index (κ2) is 6.27. The highest BCUT2D eigenvalue weighted by molar-refractivity contribution is 7.20. The minimum atomic E-state index is -0.937. The van der Waals surface area contributed by atoms with Crippen LogP contribution in [0.15, 0.2) is 30.3 Å². The van der Waals surface area contributed by atoms with Crippen LogP contribution in [0.5, 0.6) is 5.75 Å². The van der Waals surface area contributed by atoms with Crippen LogP contribution >= 0.6 is 34.5 Å². The lowest BCUT2D eigenvalue weighted by atomic mass is 9.93. The lowest BCUT2D eigenvalue weighted by Gasteiger charge is -2.09. The molecule has 0 saturated carbocycles. The summed E-state index contributed by atoms with van der Waals surface area (Å²) in [5, 5.41) is 9.29. The molecule has 0 aliphatic carbocycles. The van der Waals surface area contributed by atoms with E-state index in [-0.39, 0.29) is 11.3 Å². The van der Waals surface area contributed by atoms with E-state index < -0.39 is 5.92 Å². The summed E-state index contributed by atoms with van der Waals surface area (Å²) in [5.41, 5.74) is 0.839. The van der Waals surface area contributed by atoms with Gasteiger partial charge >= 0.3 is 0 Å². The molecule has 1 heterocycles. The zero-order valence-electron chi connectivity index (χ0n) is 10.4. The molecular weight excluding hydrogens is 317 g/mol. The first-order valence-corrected chi connectivity index (χ1v) is 7.16. The number of nitriles is 1. The number of nitrogens with zero attached hydrogens (tertiary/aromatic N) is 1. The Labute approximate surface area is 130 Å². The standard InChI is InChI=1S/C14H9Cl2NO2S/c1-19-9-4-2-3-8(5-9)11(7-17)13(18)10-6-12(15)20-14(10)16/h2-6,11H,1H3. The number of rotatable bonds is 4. The number of carbonyl (C=O) groups excluding carboxylic acids is 1. The number of halogens is 2. The molecule has 2 aromatic rings. The maximum atomic E-state index is 12.4. The van der Waals surface area contributed by atoms with E-state index in [0.29, 0.717) is 20.0 Å². The summed E-state index contributed by atoms with van der Waals surface area (Å²) in [6.07, 6.45) is 0. The summed E-state index contributed by atoms with van der Waals surface area (Å²) < 4.78 is 5.81. The van der Waals surface area contributed by atoms with Crippen molar-refractivity contribution in [1.29, 1.82) is 5.26 Å². The van der Waals surface area contributed by atoms with Gasteiger partial charge in [0.05, 0.1) is 23.1 Å². The summed E-state index contributed by atoms with van der Waals surface area (Å²) in [7, 11) is 1.53. The Hall–Kier alpha value is -1.54. The quantitative estimate of drug-likeness (QED) is 0.774. The van der Waals surface area contributed by atoms with Crippen molar-refractivity contribution in [2.75, 3.05) is 7.11 Å². The molecule has 0 aliphatic heterocycles. The predicted molar refractivity (Wildman–Crippen MR) is 80.0 cm³/mol. The summed E-state index contributed by atoms with van der Waals surface area (Å²) in [4.78, 5) is 12.4. The second-order valence-electron chi connectivity index (χ2n) is 3.94. The van der Waals surface area contributed by atoms with Gasteiger partial charge in [0.15, 0.2) is 5.78 Å². The lowest BCUT2D eigenvalue weighted by molar-refractivity contribution is 0.0979. The molecule has 1 unspecified atom stereocenters. The molecule has 0 aliphatic rings. The van der Waals surface area contributed by atoms with Gasteiger partial charge in [-0.2, -0.15) is 5.26 Å². The number of thiophene rings is 1. The SMILES string of the molecule is COc1cccc(C(C#N)C(=O)c2cc(Cl)sc2Cl)c1. The third-order valence-corrected chi connectivity index (χ3v) is 4.23. The molecule has 20 heavy (non-hydrogen) atoms. The molecule has 6 heteroatoms. The first-order chi connectivity index (χ1) is 9.56. The van der Waals surface area contributed by atoms with Crippen LogP contribution in [0.1, 0.15) is 21.8 Å². The smallest absolute Gasteiger partial charge is 0.186 e. The van der Waals surface area contributed by atoms with Crippen molar-refractivity contribution in [2.45, 2.75) is 5.92 Å². The number of carbonyl (C=O) groups is 1. The number of benzene rings is 1. The Morgan fingerprint density at radius 1 is 1.40 bits per heavy atom. The lowest BCUT2D eigenvalue weighted by Crippen LogP contribution is -2.11. The fraction of sp³-hybridized carbons (Fsp3) is 0.143. The number of methoxy groups -OCH3 is 1. The monoisotopic (exact) mass is 325 g/mol. The summed E-state index contributed by atoms with van der Waals surface area (Å²) in [6, 6.07) is 10.3. The first-order valence-electron chi connectivity index (χ1n) is 5.59. The molecule has 0 amide bonds. The van der Waals surface area contributed by atoms with Crippen LogP contribution in [-0.4, -0.2) is 12.9 Å². The molecule has 1 atom stereocenters. The minimum absolute atomic E-state index is 0.274. The summed E-state index contributed by atoms with van der Waals surface area (Å²) in [6.45, 7) is 0. The van der Waals surface area contributed by atoms with E-state index in [2.05, 4.69) is 0 Å². The highest BCUT2D eigenvalue weighted by Crippen LogP contribution is 2.34.